The van der Waals surface area contributed by atoms with Crippen molar-refractivity contribution < 1.29 is 19.1 Å². The maximum Gasteiger partial charge on any atom is 0.319 e. The summed E-state index contributed by atoms with van der Waals surface area (Å²) in [5, 5.41) is 15.7. The fourth-order valence-corrected chi connectivity index (χ4v) is 2.36. The highest BCUT2D eigenvalue weighted by Crippen LogP contribution is 2.27. The third-order valence-corrected chi connectivity index (χ3v) is 3.38. The number of carbonyl (C=O) groups is 1. The fraction of sp³-hybridized carbons (Fsp3) is 0.421. The predicted octanol–water partition coefficient (Wildman–Crippen LogP) is 4.09. The first kappa shape index (κ1) is 18.9. The van der Waals surface area contributed by atoms with Crippen molar-refractivity contribution in [3.63, 3.8) is 0 Å². The van der Waals surface area contributed by atoms with Crippen molar-refractivity contribution in [3.8, 4) is 5.75 Å². The van der Waals surface area contributed by atoms with Crippen molar-refractivity contribution in [1.82, 2.24) is 5.32 Å². The predicted molar refractivity (Wildman–Crippen MR) is 96.7 cm³/mol. The SMILES string of the molecule is CC(CC(O)c1ccco1)NC(=O)Nc1ccccc1OC(C)(C)C. The summed E-state index contributed by atoms with van der Waals surface area (Å²) in [6.07, 6.45) is 1.10. The second kappa shape index (κ2) is 8.07. The first-order valence-electron chi connectivity index (χ1n) is 8.31. The molecule has 2 unspecified atom stereocenters. The van der Waals surface area contributed by atoms with Gasteiger partial charge < -0.3 is 24.9 Å². The molecule has 136 valence electrons. The van der Waals surface area contributed by atoms with Gasteiger partial charge in [-0.15, -0.1) is 0 Å². The van der Waals surface area contributed by atoms with E-state index in [2.05, 4.69) is 10.6 Å². The molecular weight excluding hydrogens is 320 g/mol. The van der Waals surface area contributed by atoms with Gasteiger partial charge in [-0.25, -0.2) is 4.79 Å². The lowest BCUT2D eigenvalue weighted by molar-refractivity contribution is 0.129. The van der Waals surface area contributed by atoms with Crippen LogP contribution in [0.1, 0.15) is 46.0 Å². The zero-order valence-corrected chi connectivity index (χ0v) is 15.1. The van der Waals surface area contributed by atoms with Crippen molar-refractivity contribution in [2.24, 2.45) is 0 Å². The summed E-state index contributed by atoms with van der Waals surface area (Å²) < 4.78 is 11.0. The number of hydrogen-bond donors (Lipinski definition) is 3. The molecule has 2 rings (SSSR count). The summed E-state index contributed by atoms with van der Waals surface area (Å²) in [6, 6.07) is 10.1. The Labute approximate surface area is 148 Å². The summed E-state index contributed by atoms with van der Waals surface area (Å²) in [5.41, 5.74) is 0.225. The molecule has 1 aromatic heterocycles. The number of aliphatic hydroxyl groups is 1. The van der Waals surface area contributed by atoms with E-state index in [9.17, 15) is 9.90 Å². The van der Waals surface area contributed by atoms with Gasteiger partial charge in [-0.1, -0.05) is 12.1 Å². The summed E-state index contributed by atoms with van der Waals surface area (Å²) in [5.74, 6) is 1.09. The Bertz CT molecular complexity index is 677. The Kier molecular flexibility index (Phi) is 6.09. The van der Waals surface area contributed by atoms with Crippen LogP contribution in [0.4, 0.5) is 10.5 Å². The van der Waals surface area contributed by atoms with Crippen molar-refractivity contribution in [2.75, 3.05) is 5.32 Å². The number of benzene rings is 1. The quantitative estimate of drug-likeness (QED) is 0.735. The third kappa shape index (κ3) is 6.15. The minimum absolute atomic E-state index is 0.240. The van der Waals surface area contributed by atoms with Crippen molar-refractivity contribution in [1.29, 1.82) is 0 Å². The van der Waals surface area contributed by atoms with E-state index >= 15 is 0 Å². The summed E-state index contributed by atoms with van der Waals surface area (Å²) >= 11 is 0. The van der Waals surface area contributed by atoms with Crippen LogP contribution in [0.15, 0.2) is 47.1 Å². The lowest BCUT2D eigenvalue weighted by atomic mass is 10.1. The maximum atomic E-state index is 12.2. The Morgan fingerprint density at radius 3 is 2.60 bits per heavy atom. The molecule has 0 fully saturated rings. The minimum Gasteiger partial charge on any atom is -0.486 e. The lowest BCUT2D eigenvalue weighted by Crippen LogP contribution is -2.37. The molecule has 1 aromatic carbocycles. The molecule has 2 aromatic rings. The van der Waals surface area contributed by atoms with Crippen molar-refractivity contribution in [3.05, 3.63) is 48.4 Å². The molecule has 0 aliphatic carbocycles. The van der Waals surface area contributed by atoms with Crippen LogP contribution in [-0.4, -0.2) is 22.8 Å². The van der Waals surface area contributed by atoms with Crippen LogP contribution in [0.3, 0.4) is 0 Å². The fourth-order valence-electron chi connectivity index (χ4n) is 2.36. The number of ether oxygens (including phenoxy) is 1. The lowest BCUT2D eigenvalue weighted by Gasteiger charge is -2.23. The molecular formula is C19H26N2O4. The van der Waals surface area contributed by atoms with E-state index in [1.807, 2.05) is 45.9 Å². The molecule has 0 aliphatic rings. The van der Waals surface area contributed by atoms with Crippen LogP contribution in [0, 0.1) is 0 Å². The second-order valence-electron chi connectivity index (χ2n) is 6.98. The van der Waals surface area contributed by atoms with Gasteiger partial charge in [0.1, 0.15) is 23.2 Å². The Morgan fingerprint density at radius 1 is 1.24 bits per heavy atom. The monoisotopic (exact) mass is 346 g/mol. The summed E-state index contributed by atoms with van der Waals surface area (Å²) in [7, 11) is 0. The van der Waals surface area contributed by atoms with Crippen molar-refractivity contribution >= 4 is 11.7 Å². The van der Waals surface area contributed by atoms with E-state index in [0.29, 0.717) is 23.6 Å². The first-order valence-corrected chi connectivity index (χ1v) is 8.31. The van der Waals surface area contributed by atoms with Gasteiger partial charge >= 0.3 is 6.03 Å². The molecule has 0 saturated heterocycles. The topological polar surface area (TPSA) is 83.7 Å². The summed E-state index contributed by atoms with van der Waals surface area (Å²) in [4.78, 5) is 12.2. The van der Waals surface area contributed by atoms with Gasteiger partial charge in [0.05, 0.1) is 12.0 Å². The number of para-hydroxylation sites is 2. The van der Waals surface area contributed by atoms with Gasteiger partial charge in [-0.2, -0.15) is 0 Å². The molecule has 1 heterocycles. The molecule has 0 saturated carbocycles. The number of amides is 2. The number of carbonyl (C=O) groups excluding carboxylic acids is 1. The zero-order valence-electron chi connectivity index (χ0n) is 15.1. The molecule has 0 radical (unpaired) electrons. The molecule has 3 N–H and O–H groups in total. The molecule has 25 heavy (non-hydrogen) atoms. The molecule has 0 aliphatic heterocycles. The van der Waals surface area contributed by atoms with Gasteiger partial charge in [-0.05, 0) is 52.0 Å². The van der Waals surface area contributed by atoms with E-state index in [-0.39, 0.29) is 17.7 Å². The maximum absolute atomic E-state index is 12.2. The summed E-state index contributed by atoms with van der Waals surface area (Å²) in [6.45, 7) is 7.66. The molecule has 2 atom stereocenters. The standard InChI is InChI=1S/C19H26N2O4/c1-13(12-15(22)17-10-7-11-24-17)20-18(23)21-14-8-5-6-9-16(14)25-19(2,3)4/h5-11,13,15,22H,12H2,1-4H3,(H2,20,21,23). The normalized spacial score (nSPS) is 13.8. The van der Waals surface area contributed by atoms with E-state index in [0.717, 1.165) is 0 Å². The van der Waals surface area contributed by atoms with Crippen LogP contribution in [0.2, 0.25) is 0 Å². The van der Waals surface area contributed by atoms with E-state index in [1.54, 1.807) is 18.2 Å². The molecule has 6 nitrogen and oxygen atoms in total. The van der Waals surface area contributed by atoms with Crippen LogP contribution in [-0.2, 0) is 0 Å². The Balaban J connectivity index is 1.92. The number of aliphatic hydroxyl groups excluding tert-OH is 1. The van der Waals surface area contributed by atoms with Gasteiger partial charge in [0.15, 0.2) is 0 Å². The van der Waals surface area contributed by atoms with Gasteiger partial charge in [-0.3, -0.25) is 0 Å². The third-order valence-electron chi connectivity index (χ3n) is 3.38. The number of anilines is 1. The average Bonchev–Trinajstić information content (AvgIpc) is 3.02. The zero-order chi connectivity index (χ0) is 18.4. The highest BCUT2D eigenvalue weighted by atomic mass is 16.5. The van der Waals surface area contributed by atoms with E-state index < -0.39 is 6.10 Å². The number of rotatable bonds is 6. The highest BCUT2D eigenvalue weighted by Gasteiger charge is 2.18. The van der Waals surface area contributed by atoms with Gasteiger partial charge in [0, 0.05) is 12.5 Å². The van der Waals surface area contributed by atoms with Crippen LogP contribution in [0.5, 0.6) is 5.75 Å². The van der Waals surface area contributed by atoms with E-state index in [1.165, 1.54) is 6.26 Å². The molecule has 2 amide bonds. The van der Waals surface area contributed by atoms with Crippen LogP contribution in [0.25, 0.3) is 0 Å². The van der Waals surface area contributed by atoms with Crippen molar-refractivity contribution in [2.45, 2.75) is 51.9 Å². The van der Waals surface area contributed by atoms with Crippen LogP contribution >= 0.6 is 0 Å². The van der Waals surface area contributed by atoms with Crippen LogP contribution < -0.4 is 15.4 Å². The highest BCUT2D eigenvalue weighted by molar-refractivity contribution is 5.91. The smallest absolute Gasteiger partial charge is 0.319 e. The number of hydrogen-bond acceptors (Lipinski definition) is 4. The number of furan rings is 1. The Hall–Kier alpha value is -2.47. The number of urea groups is 1. The first-order chi connectivity index (χ1) is 11.7. The minimum atomic E-state index is -0.762. The molecule has 6 heteroatoms. The van der Waals surface area contributed by atoms with Gasteiger partial charge in [0.2, 0.25) is 0 Å². The Morgan fingerprint density at radius 2 is 1.96 bits per heavy atom. The van der Waals surface area contributed by atoms with E-state index in [4.69, 9.17) is 9.15 Å². The second-order valence-corrected chi connectivity index (χ2v) is 6.98. The van der Waals surface area contributed by atoms with Gasteiger partial charge in [0.25, 0.3) is 0 Å². The molecule has 0 spiro atoms. The average molecular weight is 346 g/mol. The number of nitrogens with one attached hydrogen (secondary N) is 2. The molecule has 0 bridgehead atoms. The largest absolute Gasteiger partial charge is 0.486 e.